The lowest BCUT2D eigenvalue weighted by Gasteiger charge is -2.35. The number of carboxylic acids is 1. The number of carboxylic acid groups (broad SMARTS) is 1. The van der Waals surface area contributed by atoms with Crippen LogP contribution in [0, 0.1) is 12.8 Å². The van der Waals surface area contributed by atoms with Crippen LogP contribution >= 0.6 is 0 Å². The molecule has 1 N–H and O–H groups in total. The first-order valence-electron chi connectivity index (χ1n) is 8.45. The minimum absolute atomic E-state index is 0.00686. The number of rotatable bonds is 6. The van der Waals surface area contributed by atoms with Gasteiger partial charge in [0.2, 0.25) is 0 Å². The van der Waals surface area contributed by atoms with Crippen LogP contribution in [0.4, 0.5) is 0 Å². The van der Waals surface area contributed by atoms with Crippen molar-refractivity contribution >= 4 is 11.9 Å². The highest BCUT2D eigenvalue weighted by molar-refractivity contribution is 5.95. The van der Waals surface area contributed by atoms with Gasteiger partial charge in [0.25, 0.3) is 5.91 Å². The van der Waals surface area contributed by atoms with Crippen molar-refractivity contribution in [3.05, 3.63) is 17.5 Å². The summed E-state index contributed by atoms with van der Waals surface area (Å²) < 4.78 is 1.88. The lowest BCUT2D eigenvalue weighted by Crippen LogP contribution is -2.44. The second-order valence-corrected chi connectivity index (χ2v) is 6.80. The first kappa shape index (κ1) is 17.5. The van der Waals surface area contributed by atoms with Gasteiger partial charge in [0, 0.05) is 31.2 Å². The van der Waals surface area contributed by atoms with E-state index in [4.69, 9.17) is 5.11 Å². The molecule has 1 aliphatic heterocycles. The monoisotopic (exact) mass is 321 g/mol. The van der Waals surface area contributed by atoms with Gasteiger partial charge in [0.15, 0.2) is 0 Å². The van der Waals surface area contributed by atoms with Gasteiger partial charge in [-0.3, -0.25) is 14.3 Å². The minimum Gasteiger partial charge on any atom is -0.481 e. The number of piperidine rings is 1. The van der Waals surface area contributed by atoms with Crippen LogP contribution in [0.2, 0.25) is 0 Å². The normalized spacial score (nSPS) is 18.4. The largest absolute Gasteiger partial charge is 0.481 e. The molecule has 23 heavy (non-hydrogen) atoms. The lowest BCUT2D eigenvalue weighted by atomic mass is 9.97. The van der Waals surface area contributed by atoms with Gasteiger partial charge in [-0.2, -0.15) is 5.10 Å². The average Bonchev–Trinajstić information content (AvgIpc) is 2.85. The van der Waals surface area contributed by atoms with Gasteiger partial charge in [0.1, 0.15) is 0 Å². The molecule has 2 rings (SSSR count). The molecule has 0 spiro atoms. The number of amides is 1. The molecule has 128 valence electrons. The summed E-state index contributed by atoms with van der Waals surface area (Å²) in [5.41, 5.74) is 1.54. The number of hydrogen-bond acceptors (Lipinski definition) is 3. The fourth-order valence-electron chi connectivity index (χ4n) is 3.20. The molecule has 1 unspecified atom stereocenters. The Morgan fingerprint density at radius 3 is 2.78 bits per heavy atom. The zero-order chi connectivity index (χ0) is 17.0. The smallest absolute Gasteiger partial charge is 0.303 e. The summed E-state index contributed by atoms with van der Waals surface area (Å²) in [5.74, 6) is -0.341. The van der Waals surface area contributed by atoms with Crippen LogP contribution in [0.1, 0.15) is 62.0 Å². The maximum absolute atomic E-state index is 12.9. The van der Waals surface area contributed by atoms with Crippen molar-refractivity contribution in [1.82, 2.24) is 14.7 Å². The SMILES string of the molecule is Cc1c(C(=O)N2CCCCC2CCC(=O)O)cnn1CC(C)C. The summed E-state index contributed by atoms with van der Waals surface area (Å²) in [6.07, 6.45) is 5.22. The molecular formula is C17H27N3O3. The van der Waals surface area contributed by atoms with Crippen molar-refractivity contribution in [3.8, 4) is 0 Å². The van der Waals surface area contributed by atoms with E-state index in [9.17, 15) is 9.59 Å². The van der Waals surface area contributed by atoms with E-state index in [0.29, 0.717) is 24.4 Å². The Hall–Kier alpha value is -1.85. The standard InChI is InChI=1S/C17H27N3O3/c1-12(2)11-20-13(3)15(10-18-20)17(23)19-9-5-4-6-14(19)7-8-16(21)22/h10,12,14H,4-9,11H2,1-3H3,(H,21,22). The molecule has 0 saturated carbocycles. The number of aromatic nitrogens is 2. The average molecular weight is 321 g/mol. The van der Waals surface area contributed by atoms with Crippen molar-refractivity contribution < 1.29 is 14.7 Å². The van der Waals surface area contributed by atoms with Crippen LogP contribution < -0.4 is 0 Å². The zero-order valence-corrected chi connectivity index (χ0v) is 14.3. The van der Waals surface area contributed by atoms with Gasteiger partial charge in [-0.05, 0) is 38.5 Å². The maximum atomic E-state index is 12.9. The fourth-order valence-corrected chi connectivity index (χ4v) is 3.20. The highest BCUT2D eigenvalue weighted by Crippen LogP contribution is 2.24. The second-order valence-electron chi connectivity index (χ2n) is 6.80. The predicted octanol–water partition coefficient (Wildman–Crippen LogP) is 2.71. The quantitative estimate of drug-likeness (QED) is 0.874. The van der Waals surface area contributed by atoms with E-state index >= 15 is 0 Å². The third-order valence-corrected chi connectivity index (χ3v) is 4.45. The molecule has 6 heteroatoms. The molecule has 2 heterocycles. The topological polar surface area (TPSA) is 75.4 Å². The van der Waals surface area contributed by atoms with Crippen molar-refractivity contribution in [1.29, 1.82) is 0 Å². The Labute approximate surface area is 137 Å². The van der Waals surface area contributed by atoms with Gasteiger partial charge in [-0.15, -0.1) is 0 Å². The molecule has 0 bridgehead atoms. The molecule has 1 aliphatic rings. The Bertz CT molecular complexity index is 565. The van der Waals surface area contributed by atoms with E-state index in [0.717, 1.165) is 31.5 Å². The maximum Gasteiger partial charge on any atom is 0.303 e. The summed E-state index contributed by atoms with van der Waals surface area (Å²) in [7, 11) is 0. The van der Waals surface area contributed by atoms with Crippen LogP contribution in [0.25, 0.3) is 0 Å². The fraction of sp³-hybridized carbons (Fsp3) is 0.706. The Balaban J connectivity index is 2.13. The molecule has 1 aromatic heterocycles. The van der Waals surface area contributed by atoms with E-state index in [1.807, 2.05) is 16.5 Å². The van der Waals surface area contributed by atoms with Gasteiger partial charge in [-0.25, -0.2) is 0 Å². The van der Waals surface area contributed by atoms with Crippen molar-refractivity contribution in [3.63, 3.8) is 0 Å². The number of likely N-dealkylation sites (tertiary alicyclic amines) is 1. The van der Waals surface area contributed by atoms with Gasteiger partial charge >= 0.3 is 5.97 Å². The van der Waals surface area contributed by atoms with Gasteiger partial charge in [-0.1, -0.05) is 13.8 Å². The van der Waals surface area contributed by atoms with E-state index < -0.39 is 5.97 Å². The van der Waals surface area contributed by atoms with Crippen LogP contribution in [0.5, 0.6) is 0 Å². The highest BCUT2D eigenvalue weighted by atomic mass is 16.4. The number of nitrogens with zero attached hydrogens (tertiary/aromatic N) is 3. The molecule has 6 nitrogen and oxygen atoms in total. The molecule has 0 aromatic carbocycles. The molecule has 1 amide bonds. The van der Waals surface area contributed by atoms with Crippen LogP contribution in [-0.2, 0) is 11.3 Å². The molecule has 1 atom stereocenters. The molecule has 0 radical (unpaired) electrons. The third kappa shape index (κ3) is 4.33. The Kier molecular flexibility index (Phi) is 5.80. The summed E-state index contributed by atoms with van der Waals surface area (Å²) in [4.78, 5) is 25.6. The zero-order valence-electron chi connectivity index (χ0n) is 14.3. The number of aliphatic carboxylic acids is 1. The Morgan fingerprint density at radius 2 is 2.13 bits per heavy atom. The van der Waals surface area contributed by atoms with E-state index in [1.165, 1.54) is 0 Å². The third-order valence-electron chi connectivity index (χ3n) is 4.45. The van der Waals surface area contributed by atoms with E-state index in [1.54, 1.807) is 6.20 Å². The molecule has 1 fully saturated rings. The molecule has 0 aliphatic carbocycles. The highest BCUT2D eigenvalue weighted by Gasteiger charge is 2.29. The van der Waals surface area contributed by atoms with E-state index in [2.05, 4.69) is 18.9 Å². The first-order chi connectivity index (χ1) is 10.9. The van der Waals surface area contributed by atoms with E-state index in [-0.39, 0.29) is 18.4 Å². The predicted molar refractivity (Wildman–Crippen MR) is 87.3 cm³/mol. The lowest BCUT2D eigenvalue weighted by molar-refractivity contribution is -0.137. The van der Waals surface area contributed by atoms with Crippen molar-refractivity contribution in [2.24, 2.45) is 5.92 Å². The minimum atomic E-state index is -0.802. The number of hydrogen-bond donors (Lipinski definition) is 1. The first-order valence-corrected chi connectivity index (χ1v) is 8.45. The molecule has 1 saturated heterocycles. The van der Waals surface area contributed by atoms with Gasteiger partial charge in [0.05, 0.1) is 11.8 Å². The van der Waals surface area contributed by atoms with Gasteiger partial charge < -0.3 is 10.0 Å². The van der Waals surface area contributed by atoms with Crippen molar-refractivity contribution in [2.75, 3.05) is 6.54 Å². The summed E-state index contributed by atoms with van der Waals surface area (Å²) in [5, 5.41) is 13.2. The molecular weight excluding hydrogens is 294 g/mol. The Morgan fingerprint density at radius 1 is 1.39 bits per heavy atom. The number of carbonyl (C=O) groups is 2. The molecule has 1 aromatic rings. The second kappa shape index (κ2) is 7.62. The summed E-state index contributed by atoms with van der Waals surface area (Å²) >= 11 is 0. The van der Waals surface area contributed by atoms with Crippen LogP contribution in [0.3, 0.4) is 0 Å². The van der Waals surface area contributed by atoms with Crippen LogP contribution in [0.15, 0.2) is 6.20 Å². The summed E-state index contributed by atoms with van der Waals surface area (Å²) in [6, 6.07) is 0.0280. The van der Waals surface area contributed by atoms with Crippen molar-refractivity contribution in [2.45, 2.75) is 65.5 Å². The summed E-state index contributed by atoms with van der Waals surface area (Å²) in [6.45, 7) is 7.67. The number of carbonyl (C=O) groups excluding carboxylic acids is 1. The van der Waals surface area contributed by atoms with Crippen LogP contribution in [-0.4, -0.2) is 44.3 Å².